The second-order valence-electron chi connectivity index (χ2n) is 3.24. The molecule has 0 aromatic heterocycles. The quantitative estimate of drug-likeness (QED) is 0.663. The van der Waals surface area contributed by atoms with Crippen molar-refractivity contribution < 1.29 is 19.4 Å². The first kappa shape index (κ1) is 11.9. The normalized spacial score (nSPS) is 14.7. The van der Waals surface area contributed by atoms with Crippen molar-refractivity contribution in [1.29, 1.82) is 0 Å². The van der Waals surface area contributed by atoms with E-state index in [0.29, 0.717) is 12.8 Å². The highest BCUT2D eigenvalue weighted by Crippen LogP contribution is 2.10. The smallest absolute Gasteiger partial charge is 0.306 e. The van der Waals surface area contributed by atoms with E-state index in [1.54, 1.807) is 13.8 Å². The van der Waals surface area contributed by atoms with Gasteiger partial charge < -0.3 is 9.84 Å². The summed E-state index contributed by atoms with van der Waals surface area (Å²) in [6.45, 7) is 4.75. The molecule has 2 unspecified atom stereocenters. The summed E-state index contributed by atoms with van der Waals surface area (Å²) < 4.78 is 4.85. The second kappa shape index (κ2) is 5.56. The zero-order valence-electron chi connectivity index (χ0n) is 8.24. The molecule has 0 aromatic carbocycles. The molecule has 0 aromatic rings. The van der Waals surface area contributed by atoms with E-state index >= 15 is 0 Å². The lowest BCUT2D eigenvalue weighted by atomic mass is 10.0. The SMILES string of the molecule is CC(=O)OC(C)CCC(C)C(=O)O. The largest absolute Gasteiger partial charge is 0.481 e. The molecule has 0 amide bonds. The maximum atomic E-state index is 10.5. The molecule has 0 saturated carbocycles. The van der Waals surface area contributed by atoms with Crippen LogP contribution in [0.5, 0.6) is 0 Å². The molecule has 4 nitrogen and oxygen atoms in total. The Hall–Kier alpha value is -1.06. The number of hydrogen-bond donors (Lipinski definition) is 1. The van der Waals surface area contributed by atoms with Crippen LogP contribution in [-0.2, 0) is 14.3 Å². The molecule has 0 fully saturated rings. The van der Waals surface area contributed by atoms with E-state index in [2.05, 4.69) is 0 Å². The molecule has 0 aliphatic heterocycles. The van der Waals surface area contributed by atoms with Crippen molar-refractivity contribution in [2.75, 3.05) is 0 Å². The van der Waals surface area contributed by atoms with Crippen molar-refractivity contribution >= 4 is 11.9 Å². The van der Waals surface area contributed by atoms with Gasteiger partial charge in [-0.2, -0.15) is 0 Å². The first-order valence-corrected chi connectivity index (χ1v) is 4.33. The number of hydrogen-bond acceptors (Lipinski definition) is 3. The van der Waals surface area contributed by atoms with Crippen molar-refractivity contribution in [2.45, 2.75) is 39.7 Å². The van der Waals surface area contributed by atoms with Crippen LogP contribution in [-0.4, -0.2) is 23.1 Å². The molecule has 0 rings (SSSR count). The Labute approximate surface area is 77.9 Å². The molecule has 0 heterocycles. The van der Waals surface area contributed by atoms with Crippen LogP contribution in [0.3, 0.4) is 0 Å². The summed E-state index contributed by atoms with van der Waals surface area (Å²) in [4.78, 5) is 20.9. The number of rotatable bonds is 5. The first-order valence-electron chi connectivity index (χ1n) is 4.33. The first-order chi connectivity index (χ1) is 5.93. The molecule has 2 atom stereocenters. The zero-order valence-corrected chi connectivity index (χ0v) is 8.24. The highest BCUT2D eigenvalue weighted by Gasteiger charge is 2.13. The third-order valence-electron chi connectivity index (χ3n) is 1.79. The van der Waals surface area contributed by atoms with Crippen molar-refractivity contribution in [3.05, 3.63) is 0 Å². The number of carboxylic acid groups (broad SMARTS) is 1. The van der Waals surface area contributed by atoms with Gasteiger partial charge in [0, 0.05) is 6.92 Å². The average molecular weight is 188 g/mol. The predicted molar refractivity (Wildman–Crippen MR) is 47.3 cm³/mol. The van der Waals surface area contributed by atoms with Gasteiger partial charge in [0.25, 0.3) is 0 Å². The van der Waals surface area contributed by atoms with Crippen LogP contribution >= 0.6 is 0 Å². The highest BCUT2D eigenvalue weighted by atomic mass is 16.5. The van der Waals surface area contributed by atoms with Gasteiger partial charge >= 0.3 is 11.9 Å². The summed E-state index contributed by atoms with van der Waals surface area (Å²) in [6.07, 6.45) is 0.927. The molecular weight excluding hydrogens is 172 g/mol. The van der Waals surface area contributed by atoms with Crippen LogP contribution < -0.4 is 0 Å². The summed E-state index contributed by atoms with van der Waals surface area (Å²) in [7, 11) is 0. The van der Waals surface area contributed by atoms with E-state index in [-0.39, 0.29) is 18.0 Å². The third-order valence-corrected chi connectivity index (χ3v) is 1.79. The number of esters is 1. The molecule has 76 valence electrons. The summed E-state index contributed by atoms with van der Waals surface area (Å²) in [5.74, 6) is -1.51. The molecule has 4 heteroatoms. The lowest BCUT2D eigenvalue weighted by Gasteiger charge is -2.12. The number of carboxylic acids is 1. The molecule has 0 radical (unpaired) electrons. The Morgan fingerprint density at radius 3 is 2.23 bits per heavy atom. The third kappa shape index (κ3) is 6.13. The van der Waals surface area contributed by atoms with Gasteiger partial charge in [-0.25, -0.2) is 0 Å². The van der Waals surface area contributed by atoms with Crippen LogP contribution in [0.4, 0.5) is 0 Å². The molecule has 13 heavy (non-hydrogen) atoms. The summed E-state index contributed by atoms with van der Waals surface area (Å²) in [5, 5.41) is 8.57. The fourth-order valence-electron chi connectivity index (χ4n) is 0.950. The summed E-state index contributed by atoms with van der Waals surface area (Å²) in [5.41, 5.74) is 0. The lowest BCUT2D eigenvalue weighted by molar-refractivity contribution is -0.146. The highest BCUT2D eigenvalue weighted by molar-refractivity contribution is 5.69. The van der Waals surface area contributed by atoms with Crippen LogP contribution in [0, 0.1) is 5.92 Å². The zero-order chi connectivity index (χ0) is 10.4. The molecule has 0 bridgehead atoms. The fourth-order valence-corrected chi connectivity index (χ4v) is 0.950. The fraction of sp³-hybridized carbons (Fsp3) is 0.778. The van der Waals surface area contributed by atoms with Gasteiger partial charge in [0.2, 0.25) is 0 Å². The Morgan fingerprint density at radius 1 is 1.31 bits per heavy atom. The van der Waals surface area contributed by atoms with Gasteiger partial charge in [0.05, 0.1) is 12.0 Å². The Balaban J connectivity index is 3.63. The molecule has 0 aliphatic carbocycles. The van der Waals surface area contributed by atoms with Gasteiger partial charge in [0.1, 0.15) is 0 Å². The molecule has 1 N–H and O–H groups in total. The van der Waals surface area contributed by atoms with E-state index in [9.17, 15) is 9.59 Å². The van der Waals surface area contributed by atoms with Crippen LogP contribution in [0.25, 0.3) is 0 Å². The number of carbonyl (C=O) groups excluding carboxylic acids is 1. The Morgan fingerprint density at radius 2 is 1.85 bits per heavy atom. The maximum absolute atomic E-state index is 10.5. The van der Waals surface area contributed by atoms with Gasteiger partial charge in [-0.1, -0.05) is 6.92 Å². The van der Waals surface area contributed by atoms with E-state index < -0.39 is 5.97 Å². The van der Waals surface area contributed by atoms with E-state index in [1.165, 1.54) is 6.92 Å². The minimum atomic E-state index is -0.810. The minimum absolute atomic E-state index is 0.195. The lowest BCUT2D eigenvalue weighted by Crippen LogP contribution is -2.16. The maximum Gasteiger partial charge on any atom is 0.306 e. The van der Waals surface area contributed by atoms with Crippen molar-refractivity contribution in [1.82, 2.24) is 0 Å². The average Bonchev–Trinajstić information content (AvgIpc) is 1.98. The molecule has 0 saturated heterocycles. The molecule has 0 aliphatic rings. The van der Waals surface area contributed by atoms with Gasteiger partial charge in [-0.05, 0) is 19.8 Å². The standard InChI is InChI=1S/C9H16O4/c1-6(9(11)12)4-5-7(2)13-8(3)10/h6-7H,4-5H2,1-3H3,(H,11,12). The van der Waals surface area contributed by atoms with Gasteiger partial charge in [0.15, 0.2) is 0 Å². The van der Waals surface area contributed by atoms with Crippen LogP contribution in [0.15, 0.2) is 0 Å². The summed E-state index contributed by atoms with van der Waals surface area (Å²) >= 11 is 0. The Kier molecular flexibility index (Phi) is 5.11. The molecular formula is C9H16O4. The van der Waals surface area contributed by atoms with E-state index in [4.69, 9.17) is 9.84 Å². The second-order valence-corrected chi connectivity index (χ2v) is 3.24. The van der Waals surface area contributed by atoms with Crippen molar-refractivity contribution in [2.24, 2.45) is 5.92 Å². The Bertz CT molecular complexity index is 188. The van der Waals surface area contributed by atoms with Crippen LogP contribution in [0.1, 0.15) is 33.6 Å². The predicted octanol–water partition coefficient (Wildman–Crippen LogP) is 1.44. The monoisotopic (exact) mass is 188 g/mol. The van der Waals surface area contributed by atoms with E-state index in [1.807, 2.05) is 0 Å². The number of carbonyl (C=O) groups is 2. The van der Waals surface area contributed by atoms with Gasteiger partial charge in [-0.3, -0.25) is 9.59 Å². The topological polar surface area (TPSA) is 63.6 Å². The minimum Gasteiger partial charge on any atom is -0.481 e. The summed E-state index contributed by atoms with van der Waals surface area (Å²) in [6, 6.07) is 0. The van der Waals surface area contributed by atoms with E-state index in [0.717, 1.165) is 0 Å². The van der Waals surface area contributed by atoms with Gasteiger partial charge in [-0.15, -0.1) is 0 Å². The van der Waals surface area contributed by atoms with Crippen molar-refractivity contribution in [3.63, 3.8) is 0 Å². The number of ether oxygens (including phenoxy) is 1. The van der Waals surface area contributed by atoms with Crippen molar-refractivity contribution in [3.8, 4) is 0 Å². The molecule has 0 spiro atoms. The number of aliphatic carboxylic acids is 1. The van der Waals surface area contributed by atoms with Crippen LogP contribution in [0.2, 0.25) is 0 Å².